The van der Waals surface area contributed by atoms with Crippen LogP contribution in [0.2, 0.25) is 4.34 Å². The quantitative estimate of drug-likeness (QED) is 0.493. The Bertz CT molecular complexity index is 973. The van der Waals surface area contributed by atoms with Crippen molar-refractivity contribution in [2.75, 3.05) is 0 Å². The van der Waals surface area contributed by atoms with Crippen LogP contribution >= 0.6 is 22.9 Å². The van der Waals surface area contributed by atoms with Gasteiger partial charge in [0.1, 0.15) is 0 Å². The minimum atomic E-state index is 0.786. The van der Waals surface area contributed by atoms with E-state index in [9.17, 15) is 0 Å². The number of rotatable bonds is 3. The zero-order chi connectivity index (χ0) is 15.8. The Morgan fingerprint density at radius 2 is 1.96 bits per heavy atom. The van der Waals surface area contributed by atoms with Crippen molar-refractivity contribution in [3.63, 3.8) is 0 Å². The number of aromatic nitrogens is 3. The Labute approximate surface area is 143 Å². The topological polar surface area (TPSA) is 30.7 Å². The summed E-state index contributed by atoms with van der Waals surface area (Å²) in [6.45, 7) is 2.87. The van der Waals surface area contributed by atoms with Gasteiger partial charge in [0.25, 0.3) is 0 Å². The molecule has 5 heteroatoms. The molecular formula is C18H14ClN3S. The summed E-state index contributed by atoms with van der Waals surface area (Å²) < 4.78 is 2.72. The first-order valence-electron chi connectivity index (χ1n) is 7.44. The number of nitrogens with zero attached hydrogens (tertiary/aromatic N) is 3. The van der Waals surface area contributed by atoms with Crippen molar-refractivity contribution in [2.45, 2.75) is 13.5 Å². The van der Waals surface area contributed by atoms with Gasteiger partial charge >= 0.3 is 0 Å². The zero-order valence-electron chi connectivity index (χ0n) is 12.5. The summed E-state index contributed by atoms with van der Waals surface area (Å²) in [6.07, 6.45) is 1.89. The fourth-order valence-electron chi connectivity index (χ4n) is 2.70. The van der Waals surface area contributed by atoms with E-state index in [2.05, 4.69) is 36.3 Å². The molecule has 0 aliphatic rings. The molecule has 3 heterocycles. The molecule has 0 aliphatic heterocycles. The second-order valence-electron chi connectivity index (χ2n) is 5.22. The highest BCUT2D eigenvalue weighted by atomic mass is 35.5. The second-order valence-corrected chi connectivity index (χ2v) is 6.94. The molecule has 0 aliphatic carbocycles. The van der Waals surface area contributed by atoms with Crippen LogP contribution < -0.4 is 0 Å². The van der Waals surface area contributed by atoms with Crippen molar-refractivity contribution in [3.05, 3.63) is 59.1 Å². The molecule has 0 fully saturated rings. The van der Waals surface area contributed by atoms with E-state index < -0.39 is 0 Å². The van der Waals surface area contributed by atoms with Gasteiger partial charge in [-0.05, 0) is 25.1 Å². The van der Waals surface area contributed by atoms with Gasteiger partial charge in [0.2, 0.25) is 0 Å². The van der Waals surface area contributed by atoms with Crippen LogP contribution in [0.3, 0.4) is 0 Å². The molecule has 0 N–H and O–H groups in total. The largest absolute Gasteiger partial charge is 0.248 e. The Kier molecular flexibility index (Phi) is 3.63. The Balaban J connectivity index is 2.02. The number of aryl methyl sites for hydroxylation is 1. The van der Waals surface area contributed by atoms with Crippen LogP contribution in [0.4, 0.5) is 0 Å². The lowest BCUT2D eigenvalue weighted by molar-refractivity contribution is 0.677. The number of hydrogen-bond acceptors (Lipinski definition) is 3. The summed E-state index contributed by atoms with van der Waals surface area (Å²) in [5.74, 6) is 0. The summed E-state index contributed by atoms with van der Waals surface area (Å²) in [7, 11) is 0. The van der Waals surface area contributed by atoms with E-state index in [1.165, 1.54) is 0 Å². The van der Waals surface area contributed by atoms with Gasteiger partial charge in [-0.25, -0.2) is 9.67 Å². The maximum Gasteiger partial charge on any atom is 0.159 e. The van der Waals surface area contributed by atoms with Crippen molar-refractivity contribution in [1.29, 1.82) is 0 Å². The lowest BCUT2D eigenvalue weighted by Crippen LogP contribution is -1.98. The van der Waals surface area contributed by atoms with Gasteiger partial charge in [0, 0.05) is 27.9 Å². The van der Waals surface area contributed by atoms with Crippen LogP contribution in [-0.2, 0) is 6.54 Å². The standard InChI is InChI=1S/C18H14ClN3S/c1-2-22-18-14(11-20-22)13(16-8-9-17(19)23-16)10-15(21-18)12-6-4-3-5-7-12/h3-11H,2H2,1H3. The first-order chi connectivity index (χ1) is 11.3. The molecule has 3 nitrogen and oxygen atoms in total. The number of benzene rings is 1. The summed E-state index contributed by atoms with van der Waals surface area (Å²) in [5.41, 5.74) is 4.09. The molecule has 0 unspecified atom stereocenters. The number of thiophene rings is 1. The summed E-state index contributed by atoms with van der Waals surface area (Å²) in [4.78, 5) is 5.98. The van der Waals surface area contributed by atoms with Gasteiger partial charge in [0.15, 0.2) is 5.65 Å². The van der Waals surface area contributed by atoms with E-state index in [0.29, 0.717) is 0 Å². The SMILES string of the molecule is CCn1ncc2c(-c3ccc(Cl)s3)cc(-c3ccccc3)nc21. The zero-order valence-corrected chi connectivity index (χ0v) is 14.1. The van der Waals surface area contributed by atoms with E-state index >= 15 is 0 Å². The molecule has 23 heavy (non-hydrogen) atoms. The average molecular weight is 340 g/mol. The van der Waals surface area contributed by atoms with Gasteiger partial charge in [-0.15, -0.1) is 11.3 Å². The normalized spacial score (nSPS) is 11.2. The average Bonchev–Trinajstić information content (AvgIpc) is 3.20. The molecule has 0 atom stereocenters. The molecule has 0 amide bonds. The van der Waals surface area contributed by atoms with Gasteiger partial charge in [-0.2, -0.15) is 5.10 Å². The van der Waals surface area contributed by atoms with E-state index in [4.69, 9.17) is 16.6 Å². The highest BCUT2D eigenvalue weighted by Gasteiger charge is 2.14. The van der Waals surface area contributed by atoms with Crippen LogP contribution in [0.1, 0.15) is 6.92 Å². The van der Waals surface area contributed by atoms with Crippen molar-refractivity contribution in [2.24, 2.45) is 0 Å². The maximum atomic E-state index is 6.13. The third kappa shape index (κ3) is 2.54. The lowest BCUT2D eigenvalue weighted by atomic mass is 10.1. The third-order valence-electron chi connectivity index (χ3n) is 3.82. The number of hydrogen-bond donors (Lipinski definition) is 0. The second kappa shape index (κ2) is 5.80. The molecule has 0 saturated carbocycles. The van der Waals surface area contributed by atoms with E-state index in [0.717, 1.165) is 43.6 Å². The molecule has 3 aromatic heterocycles. The predicted octanol–water partition coefficient (Wildman–Crippen LogP) is 5.50. The molecule has 0 spiro atoms. The highest BCUT2D eigenvalue weighted by molar-refractivity contribution is 7.19. The first kappa shape index (κ1) is 14.4. The molecule has 0 saturated heterocycles. The maximum absolute atomic E-state index is 6.13. The lowest BCUT2D eigenvalue weighted by Gasteiger charge is -2.07. The fraction of sp³-hybridized carbons (Fsp3) is 0.111. The third-order valence-corrected chi connectivity index (χ3v) is 5.08. The molecule has 114 valence electrons. The minimum absolute atomic E-state index is 0.786. The number of pyridine rings is 1. The highest BCUT2D eigenvalue weighted by Crippen LogP contribution is 2.37. The summed E-state index contributed by atoms with van der Waals surface area (Å²) in [5, 5.41) is 5.53. The Morgan fingerprint density at radius 1 is 1.13 bits per heavy atom. The number of halogens is 1. The molecular weight excluding hydrogens is 326 g/mol. The Morgan fingerprint density at radius 3 is 2.65 bits per heavy atom. The van der Waals surface area contributed by atoms with Crippen LogP contribution in [0.15, 0.2) is 54.7 Å². The van der Waals surface area contributed by atoms with Gasteiger partial charge < -0.3 is 0 Å². The predicted molar refractivity (Wildman–Crippen MR) is 97.0 cm³/mol. The van der Waals surface area contributed by atoms with Crippen LogP contribution in [0.25, 0.3) is 32.7 Å². The number of fused-ring (bicyclic) bond motifs is 1. The fourth-order valence-corrected chi connectivity index (χ4v) is 3.77. The summed E-state index contributed by atoms with van der Waals surface area (Å²) in [6, 6.07) is 16.3. The molecule has 4 rings (SSSR count). The van der Waals surface area contributed by atoms with E-state index in [1.807, 2.05) is 35.1 Å². The summed E-state index contributed by atoms with van der Waals surface area (Å²) >= 11 is 7.71. The smallest absolute Gasteiger partial charge is 0.159 e. The van der Waals surface area contributed by atoms with Crippen LogP contribution in [0.5, 0.6) is 0 Å². The van der Waals surface area contributed by atoms with Crippen molar-refractivity contribution < 1.29 is 0 Å². The van der Waals surface area contributed by atoms with E-state index in [-0.39, 0.29) is 0 Å². The molecule has 1 aromatic carbocycles. The first-order valence-corrected chi connectivity index (χ1v) is 8.63. The monoisotopic (exact) mass is 339 g/mol. The van der Waals surface area contributed by atoms with Crippen molar-refractivity contribution >= 4 is 34.0 Å². The van der Waals surface area contributed by atoms with Gasteiger partial charge in [-0.3, -0.25) is 0 Å². The van der Waals surface area contributed by atoms with Gasteiger partial charge in [0.05, 0.1) is 16.2 Å². The molecule has 4 aromatic rings. The van der Waals surface area contributed by atoms with E-state index in [1.54, 1.807) is 11.3 Å². The van der Waals surface area contributed by atoms with Crippen molar-refractivity contribution in [3.8, 4) is 21.7 Å². The van der Waals surface area contributed by atoms with Crippen molar-refractivity contribution in [1.82, 2.24) is 14.8 Å². The Hall–Kier alpha value is -2.17. The molecule has 0 bridgehead atoms. The van der Waals surface area contributed by atoms with Crippen LogP contribution in [-0.4, -0.2) is 14.8 Å². The minimum Gasteiger partial charge on any atom is -0.248 e. The molecule has 0 radical (unpaired) electrons. The van der Waals surface area contributed by atoms with Crippen LogP contribution in [0, 0.1) is 0 Å². The van der Waals surface area contributed by atoms with Gasteiger partial charge in [-0.1, -0.05) is 41.9 Å².